The lowest BCUT2D eigenvalue weighted by Gasteiger charge is -2.04. The van der Waals surface area contributed by atoms with Crippen molar-refractivity contribution in [3.8, 4) is 11.8 Å². The Balaban J connectivity index is 2.39. The third kappa shape index (κ3) is 1.45. The van der Waals surface area contributed by atoms with Gasteiger partial charge in [0, 0.05) is 11.9 Å². The molecule has 1 aromatic carbocycles. The van der Waals surface area contributed by atoms with Crippen LogP contribution in [-0.2, 0) is 0 Å². The van der Waals surface area contributed by atoms with Crippen molar-refractivity contribution in [1.29, 1.82) is 5.26 Å². The number of nitrogens with zero attached hydrogens (tertiary/aromatic N) is 4. The molecule has 0 spiro atoms. The van der Waals surface area contributed by atoms with E-state index in [2.05, 4.69) is 16.0 Å². The molecule has 4 nitrogen and oxygen atoms in total. The first-order valence-electron chi connectivity index (χ1n) is 5.18. The first kappa shape index (κ1) is 9.55. The number of pyridine rings is 1. The molecule has 17 heavy (non-hydrogen) atoms. The Hall–Kier alpha value is -2.67. The molecule has 0 bridgehead atoms. The quantitative estimate of drug-likeness (QED) is 0.632. The van der Waals surface area contributed by atoms with Crippen molar-refractivity contribution < 1.29 is 0 Å². The van der Waals surface area contributed by atoms with Crippen LogP contribution in [0.5, 0.6) is 0 Å². The highest BCUT2D eigenvalue weighted by Gasteiger charge is 2.11. The number of fused-ring (bicyclic) bond motifs is 1. The van der Waals surface area contributed by atoms with Crippen LogP contribution in [0, 0.1) is 11.3 Å². The zero-order valence-electron chi connectivity index (χ0n) is 8.91. The van der Waals surface area contributed by atoms with Gasteiger partial charge in [0.05, 0.1) is 17.2 Å². The molecule has 80 valence electrons. The highest BCUT2D eigenvalue weighted by atomic mass is 15.1. The average Bonchev–Trinajstić information content (AvgIpc) is 2.78. The van der Waals surface area contributed by atoms with Crippen LogP contribution >= 0.6 is 0 Å². The second-order valence-electron chi connectivity index (χ2n) is 3.58. The fourth-order valence-electron chi connectivity index (χ4n) is 1.84. The highest BCUT2D eigenvalue weighted by molar-refractivity contribution is 5.77. The van der Waals surface area contributed by atoms with E-state index in [-0.39, 0.29) is 0 Å². The Bertz CT molecular complexity index is 707. The van der Waals surface area contributed by atoms with E-state index in [1.807, 2.05) is 34.9 Å². The van der Waals surface area contributed by atoms with E-state index >= 15 is 0 Å². The van der Waals surface area contributed by atoms with Crippen molar-refractivity contribution in [3.05, 3.63) is 54.6 Å². The maximum atomic E-state index is 9.13. The third-order valence-corrected chi connectivity index (χ3v) is 2.57. The molecule has 0 atom stereocenters. The predicted molar refractivity (Wildman–Crippen MR) is 63.6 cm³/mol. The van der Waals surface area contributed by atoms with Crippen LogP contribution in [0.2, 0.25) is 0 Å². The summed E-state index contributed by atoms with van der Waals surface area (Å²) >= 11 is 0. The van der Waals surface area contributed by atoms with Gasteiger partial charge in [0.25, 0.3) is 0 Å². The second-order valence-corrected chi connectivity index (χ2v) is 3.58. The van der Waals surface area contributed by atoms with Crippen LogP contribution in [0.4, 0.5) is 0 Å². The minimum Gasteiger partial charge on any atom is -0.282 e. The van der Waals surface area contributed by atoms with E-state index in [0.717, 1.165) is 16.7 Å². The summed E-state index contributed by atoms with van der Waals surface area (Å²) in [6.07, 6.45) is 3.39. The number of hydrogen-bond donors (Lipinski definition) is 0. The number of para-hydroxylation sites is 1. The number of benzene rings is 1. The van der Waals surface area contributed by atoms with E-state index in [0.29, 0.717) is 5.82 Å². The third-order valence-electron chi connectivity index (χ3n) is 2.57. The van der Waals surface area contributed by atoms with E-state index in [9.17, 15) is 0 Å². The van der Waals surface area contributed by atoms with Gasteiger partial charge in [-0.1, -0.05) is 18.2 Å². The van der Waals surface area contributed by atoms with Crippen LogP contribution in [0.15, 0.2) is 48.8 Å². The normalized spacial score (nSPS) is 10.3. The average molecular weight is 220 g/mol. The molecule has 0 aliphatic rings. The van der Waals surface area contributed by atoms with Gasteiger partial charge in [-0.05, 0) is 18.2 Å². The van der Waals surface area contributed by atoms with Gasteiger partial charge in [0.1, 0.15) is 6.07 Å². The molecule has 0 aliphatic carbocycles. The van der Waals surface area contributed by atoms with Crippen molar-refractivity contribution in [3.63, 3.8) is 0 Å². The largest absolute Gasteiger partial charge is 0.282 e. The van der Waals surface area contributed by atoms with Crippen molar-refractivity contribution in [1.82, 2.24) is 14.5 Å². The zero-order chi connectivity index (χ0) is 11.7. The molecule has 0 aliphatic heterocycles. The number of hydrogen-bond acceptors (Lipinski definition) is 3. The van der Waals surface area contributed by atoms with Crippen LogP contribution in [0.1, 0.15) is 5.82 Å². The summed E-state index contributed by atoms with van der Waals surface area (Å²) in [6.45, 7) is 0. The molecule has 0 saturated heterocycles. The van der Waals surface area contributed by atoms with E-state index in [1.54, 1.807) is 18.5 Å². The van der Waals surface area contributed by atoms with Crippen LogP contribution in [-0.4, -0.2) is 14.5 Å². The van der Waals surface area contributed by atoms with Crippen molar-refractivity contribution in [2.75, 3.05) is 0 Å². The molecule has 0 saturated carbocycles. The van der Waals surface area contributed by atoms with Crippen molar-refractivity contribution in [2.45, 2.75) is 0 Å². The van der Waals surface area contributed by atoms with E-state index in [4.69, 9.17) is 5.26 Å². The SMILES string of the molecule is N#Cc1nc2ccncc2n1-c1ccccc1. The number of nitriles is 1. The monoisotopic (exact) mass is 220 g/mol. The maximum Gasteiger partial charge on any atom is 0.218 e. The summed E-state index contributed by atoms with van der Waals surface area (Å²) in [7, 11) is 0. The van der Waals surface area contributed by atoms with Gasteiger partial charge in [-0.2, -0.15) is 5.26 Å². The Morgan fingerprint density at radius 2 is 1.94 bits per heavy atom. The van der Waals surface area contributed by atoms with Gasteiger partial charge in [-0.25, -0.2) is 4.98 Å². The van der Waals surface area contributed by atoms with Crippen molar-refractivity contribution in [2.24, 2.45) is 0 Å². The summed E-state index contributed by atoms with van der Waals surface area (Å²) in [4.78, 5) is 8.35. The Morgan fingerprint density at radius 3 is 2.71 bits per heavy atom. The molecule has 3 aromatic rings. The van der Waals surface area contributed by atoms with Crippen LogP contribution in [0.25, 0.3) is 16.7 Å². The lowest BCUT2D eigenvalue weighted by Crippen LogP contribution is -1.97. The van der Waals surface area contributed by atoms with Gasteiger partial charge < -0.3 is 0 Å². The lowest BCUT2D eigenvalue weighted by atomic mass is 10.3. The van der Waals surface area contributed by atoms with Crippen molar-refractivity contribution >= 4 is 11.0 Å². The van der Waals surface area contributed by atoms with Gasteiger partial charge >= 0.3 is 0 Å². The molecule has 0 unspecified atom stereocenters. The minimum absolute atomic E-state index is 0.374. The standard InChI is InChI=1S/C13H8N4/c14-8-13-16-11-6-7-15-9-12(11)17(13)10-4-2-1-3-5-10/h1-7,9H. The molecule has 4 heteroatoms. The summed E-state index contributed by atoms with van der Waals surface area (Å²) < 4.78 is 1.81. The molecule has 2 aromatic heterocycles. The number of imidazole rings is 1. The Morgan fingerprint density at radius 1 is 1.12 bits per heavy atom. The lowest BCUT2D eigenvalue weighted by molar-refractivity contribution is 1.05. The zero-order valence-corrected chi connectivity index (χ0v) is 8.91. The fraction of sp³-hybridized carbons (Fsp3) is 0. The molecular weight excluding hydrogens is 212 g/mol. The van der Waals surface area contributed by atoms with E-state index in [1.165, 1.54) is 0 Å². The first-order chi connectivity index (χ1) is 8.40. The van der Waals surface area contributed by atoms with Crippen LogP contribution < -0.4 is 0 Å². The molecule has 0 radical (unpaired) electrons. The number of rotatable bonds is 1. The molecule has 0 N–H and O–H groups in total. The Labute approximate surface area is 97.8 Å². The second kappa shape index (κ2) is 3.72. The fourth-order valence-corrected chi connectivity index (χ4v) is 1.84. The molecule has 0 amide bonds. The molecular formula is C13H8N4. The summed E-state index contributed by atoms with van der Waals surface area (Å²) in [5.41, 5.74) is 2.54. The molecule has 3 rings (SSSR count). The summed E-state index contributed by atoms with van der Waals surface area (Å²) in [5, 5.41) is 9.13. The summed E-state index contributed by atoms with van der Waals surface area (Å²) in [6, 6.07) is 13.6. The minimum atomic E-state index is 0.374. The first-order valence-corrected chi connectivity index (χ1v) is 5.18. The smallest absolute Gasteiger partial charge is 0.218 e. The topological polar surface area (TPSA) is 54.5 Å². The maximum absolute atomic E-state index is 9.13. The van der Waals surface area contributed by atoms with Gasteiger partial charge in [0.15, 0.2) is 0 Å². The molecule has 0 fully saturated rings. The Kier molecular flexibility index (Phi) is 2.09. The van der Waals surface area contributed by atoms with Gasteiger partial charge in [0.2, 0.25) is 5.82 Å². The van der Waals surface area contributed by atoms with E-state index < -0.39 is 0 Å². The van der Waals surface area contributed by atoms with Gasteiger partial charge in [-0.15, -0.1) is 0 Å². The van der Waals surface area contributed by atoms with Gasteiger partial charge in [-0.3, -0.25) is 9.55 Å². The highest BCUT2D eigenvalue weighted by Crippen LogP contribution is 2.19. The number of aromatic nitrogens is 3. The summed E-state index contributed by atoms with van der Waals surface area (Å²) in [5.74, 6) is 0.374. The molecule has 2 heterocycles. The predicted octanol–water partition coefficient (Wildman–Crippen LogP) is 2.29. The van der Waals surface area contributed by atoms with Crippen LogP contribution in [0.3, 0.4) is 0 Å².